The van der Waals surface area contributed by atoms with Gasteiger partial charge in [-0.05, 0) is 88.8 Å². The minimum atomic E-state index is 0.0631. The molecule has 0 fully saturated rings. The van der Waals surface area contributed by atoms with Crippen LogP contribution in [0.3, 0.4) is 0 Å². The topological polar surface area (TPSA) is 31.0 Å². The van der Waals surface area contributed by atoms with E-state index in [0.717, 1.165) is 61.4 Å². The quantitative estimate of drug-likeness (QED) is 0.181. The summed E-state index contributed by atoms with van der Waals surface area (Å²) in [5.41, 5.74) is 13.0. The summed E-state index contributed by atoms with van der Waals surface area (Å²) in [6.07, 6.45) is 0. The molecule has 0 aliphatic rings. The number of benzene rings is 7. The van der Waals surface area contributed by atoms with Gasteiger partial charge in [0.05, 0.1) is 22.4 Å². The van der Waals surface area contributed by atoms with Gasteiger partial charge in [0.15, 0.2) is 0 Å². The molecule has 0 unspecified atom stereocenters. The summed E-state index contributed by atoms with van der Waals surface area (Å²) in [6, 6.07) is 59.2. The molecular weight excluding hydrogens is 689 g/mol. The van der Waals surface area contributed by atoms with Gasteiger partial charge < -0.3 is 8.98 Å². The highest BCUT2D eigenvalue weighted by molar-refractivity contribution is 7.26. The normalized spacial score (nSPS) is 12.3. The molecule has 7 aromatic carbocycles. The Morgan fingerprint density at radius 1 is 0.473 bits per heavy atom. The second-order valence-corrected chi connectivity index (χ2v) is 16.7. The van der Waals surface area contributed by atoms with Crippen LogP contribution in [-0.4, -0.2) is 9.55 Å². The Labute approximate surface area is 322 Å². The average molecular weight is 725 g/mol. The van der Waals surface area contributed by atoms with E-state index in [1.54, 1.807) is 0 Å². The first-order chi connectivity index (χ1) is 26.9. The highest BCUT2D eigenvalue weighted by Gasteiger charge is 2.19. The SMILES string of the molecule is CC(C)(C)c1ccc(-c2cc(-c3ccc4oc5ccc6sc7ccccc7c6c5c4c3)cc(-c3ccc4c5ccccc5n(-c5ccccc5)c4c3)n2)cc1. The van der Waals surface area contributed by atoms with Crippen molar-refractivity contribution in [1.29, 1.82) is 0 Å². The number of fused-ring (bicyclic) bond motifs is 10. The maximum absolute atomic E-state index is 6.50. The molecule has 4 aromatic heterocycles. The molecule has 0 saturated carbocycles. The van der Waals surface area contributed by atoms with Gasteiger partial charge >= 0.3 is 0 Å². The van der Waals surface area contributed by atoms with Crippen LogP contribution in [0.5, 0.6) is 0 Å². The van der Waals surface area contributed by atoms with Crippen LogP contribution in [0.1, 0.15) is 26.3 Å². The fourth-order valence-corrected chi connectivity index (χ4v) is 9.50. The van der Waals surface area contributed by atoms with Gasteiger partial charge in [-0.25, -0.2) is 4.98 Å². The molecule has 0 aliphatic carbocycles. The van der Waals surface area contributed by atoms with Gasteiger partial charge in [-0.15, -0.1) is 11.3 Å². The van der Waals surface area contributed by atoms with Crippen molar-refractivity contribution in [3.63, 3.8) is 0 Å². The number of furan rings is 1. The molecule has 4 heterocycles. The number of thiophene rings is 1. The van der Waals surface area contributed by atoms with Crippen molar-refractivity contribution in [3.8, 4) is 39.3 Å². The predicted octanol–water partition coefficient (Wildman–Crippen LogP) is 14.7. The van der Waals surface area contributed by atoms with Gasteiger partial charge in [-0.3, -0.25) is 0 Å². The summed E-state index contributed by atoms with van der Waals surface area (Å²) < 4.78 is 11.4. The van der Waals surface area contributed by atoms with E-state index < -0.39 is 0 Å². The fourth-order valence-electron chi connectivity index (χ4n) is 8.38. The average Bonchev–Trinajstić information content (AvgIpc) is 3.89. The maximum atomic E-state index is 6.50. The summed E-state index contributed by atoms with van der Waals surface area (Å²) in [6.45, 7) is 6.77. The summed E-state index contributed by atoms with van der Waals surface area (Å²) in [5.74, 6) is 0. The summed E-state index contributed by atoms with van der Waals surface area (Å²) >= 11 is 1.84. The van der Waals surface area contributed by atoms with Crippen molar-refractivity contribution in [3.05, 3.63) is 169 Å². The Morgan fingerprint density at radius 2 is 1.15 bits per heavy atom. The van der Waals surface area contributed by atoms with E-state index in [0.29, 0.717) is 0 Å². The summed E-state index contributed by atoms with van der Waals surface area (Å²) in [7, 11) is 0. The van der Waals surface area contributed by atoms with Crippen LogP contribution in [0.4, 0.5) is 0 Å². The third kappa shape index (κ3) is 5.13. The van der Waals surface area contributed by atoms with Gasteiger partial charge in [0.25, 0.3) is 0 Å². The lowest BCUT2D eigenvalue weighted by Gasteiger charge is -2.19. The molecule has 262 valence electrons. The molecule has 0 amide bonds. The monoisotopic (exact) mass is 724 g/mol. The molecule has 0 spiro atoms. The second-order valence-electron chi connectivity index (χ2n) is 15.6. The third-order valence-electron chi connectivity index (χ3n) is 11.2. The largest absolute Gasteiger partial charge is 0.456 e. The van der Waals surface area contributed by atoms with Crippen LogP contribution < -0.4 is 0 Å². The maximum Gasteiger partial charge on any atom is 0.136 e. The number of hydrogen-bond donors (Lipinski definition) is 0. The first kappa shape index (κ1) is 32.0. The third-order valence-corrected chi connectivity index (χ3v) is 12.3. The Bertz CT molecular complexity index is 3280. The first-order valence-electron chi connectivity index (χ1n) is 18.9. The van der Waals surface area contributed by atoms with Crippen LogP contribution in [0, 0.1) is 0 Å². The molecule has 55 heavy (non-hydrogen) atoms. The Morgan fingerprint density at radius 3 is 1.96 bits per heavy atom. The van der Waals surface area contributed by atoms with E-state index in [9.17, 15) is 0 Å². The van der Waals surface area contributed by atoms with Crippen molar-refractivity contribution in [2.75, 3.05) is 0 Å². The Hall–Kier alpha value is -6.49. The number of nitrogens with zero attached hydrogens (tertiary/aromatic N) is 2. The highest BCUT2D eigenvalue weighted by Crippen LogP contribution is 2.44. The van der Waals surface area contributed by atoms with E-state index in [2.05, 4.69) is 189 Å². The zero-order valence-corrected chi connectivity index (χ0v) is 31.6. The zero-order valence-electron chi connectivity index (χ0n) is 30.8. The van der Waals surface area contributed by atoms with Crippen molar-refractivity contribution >= 4 is 75.3 Å². The van der Waals surface area contributed by atoms with Crippen molar-refractivity contribution < 1.29 is 4.42 Å². The summed E-state index contributed by atoms with van der Waals surface area (Å²) in [4.78, 5) is 5.40. The van der Waals surface area contributed by atoms with E-state index >= 15 is 0 Å². The van der Waals surface area contributed by atoms with Crippen molar-refractivity contribution in [2.24, 2.45) is 0 Å². The number of hydrogen-bond acceptors (Lipinski definition) is 3. The van der Waals surface area contributed by atoms with E-state index in [1.807, 2.05) is 11.3 Å². The molecule has 4 heteroatoms. The molecule has 0 atom stereocenters. The fraction of sp³-hybridized carbons (Fsp3) is 0.0784. The lowest BCUT2D eigenvalue weighted by Crippen LogP contribution is -2.10. The predicted molar refractivity (Wildman–Crippen MR) is 234 cm³/mol. The summed E-state index contributed by atoms with van der Waals surface area (Å²) in [5, 5.41) is 7.32. The molecular formula is C51H36N2OS. The van der Waals surface area contributed by atoms with Gasteiger partial charge in [0.2, 0.25) is 0 Å². The molecule has 0 aliphatic heterocycles. The number of aromatic nitrogens is 2. The molecule has 0 radical (unpaired) electrons. The standard InChI is InChI=1S/C51H36N2OS/c1-51(2,3)35-21-17-31(18-22-35)41-28-34(32-20-24-45-40(27-32)49-46(54-45)25-26-48-50(49)39-14-8-10-16-47(39)55-48)29-42(52-41)33-19-23-38-37-13-7-9-15-43(37)53(44(38)30-33)36-11-5-4-6-12-36/h4-30H,1-3H3. The number of pyridine rings is 1. The zero-order chi connectivity index (χ0) is 36.8. The highest BCUT2D eigenvalue weighted by atomic mass is 32.1. The first-order valence-corrected chi connectivity index (χ1v) is 19.7. The van der Waals surface area contributed by atoms with Crippen molar-refractivity contribution in [1.82, 2.24) is 9.55 Å². The molecule has 0 N–H and O–H groups in total. The van der Waals surface area contributed by atoms with Gasteiger partial charge in [0, 0.05) is 58.5 Å². The smallest absolute Gasteiger partial charge is 0.136 e. The van der Waals surface area contributed by atoms with E-state index in [4.69, 9.17) is 9.40 Å². The van der Waals surface area contributed by atoms with E-state index in [-0.39, 0.29) is 5.41 Å². The minimum absolute atomic E-state index is 0.0631. The van der Waals surface area contributed by atoms with Gasteiger partial charge in [-0.2, -0.15) is 0 Å². The minimum Gasteiger partial charge on any atom is -0.456 e. The van der Waals surface area contributed by atoms with E-state index in [1.165, 1.54) is 47.4 Å². The van der Waals surface area contributed by atoms with Crippen LogP contribution in [0.15, 0.2) is 168 Å². The Balaban J connectivity index is 1.14. The lowest BCUT2D eigenvalue weighted by atomic mass is 9.86. The van der Waals surface area contributed by atoms with Crippen LogP contribution in [0.2, 0.25) is 0 Å². The van der Waals surface area contributed by atoms with Gasteiger partial charge in [0.1, 0.15) is 11.2 Å². The number of rotatable bonds is 4. The number of para-hydroxylation sites is 2. The molecule has 0 bridgehead atoms. The van der Waals surface area contributed by atoms with Gasteiger partial charge in [-0.1, -0.05) is 118 Å². The van der Waals surface area contributed by atoms with Crippen LogP contribution in [-0.2, 0) is 5.41 Å². The second kappa shape index (κ2) is 12.0. The van der Waals surface area contributed by atoms with Crippen molar-refractivity contribution in [2.45, 2.75) is 26.2 Å². The molecule has 11 aromatic rings. The molecule has 3 nitrogen and oxygen atoms in total. The Kier molecular flexibility index (Phi) is 6.98. The molecule has 11 rings (SSSR count). The lowest BCUT2D eigenvalue weighted by molar-refractivity contribution is 0.590. The molecule has 0 saturated heterocycles. The van der Waals surface area contributed by atoms with Crippen LogP contribution >= 0.6 is 11.3 Å². The van der Waals surface area contributed by atoms with Crippen LogP contribution in [0.25, 0.3) is 103 Å².